The number of ether oxygens (including phenoxy) is 1. The molecule has 0 radical (unpaired) electrons. The molecule has 7 heteroatoms. The topological polar surface area (TPSA) is 85.5 Å². The Morgan fingerprint density at radius 3 is 2.67 bits per heavy atom. The molecule has 2 amide bonds. The average Bonchev–Trinajstić information content (AvgIpc) is 3.36. The van der Waals surface area contributed by atoms with Gasteiger partial charge in [-0.2, -0.15) is 0 Å². The number of carbonyl (C=O) groups excluding carboxylic acids is 2. The molecule has 6 atom stereocenters. The number of amides is 2. The third-order valence-corrected chi connectivity index (χ3v) is 9.17. The van der Waals surface area contributed by atoms with Crippen molar-refractivity contribution in [2.75, 3.05) is 6.54 Å². The second-order valence-corrected chi connectivity index (χ2v) is 10.9. The number of likely N-dealkylation sites (tertiary alicyclic amines) is 1. The molecule has 4 aliphatic carbocycles. The smallest absolute Gasteiger partial charge is 0.410 e. The fraction of sp³-hybridized carbons (Fsp3) is 0.609. The number of rotatable bonds is 3. The van der Waals surface area contributed by atoms with Gasteiger partial charge < -0.3 is 10.5 Å². The van der Waals surface area contributed by atoms with E-state index in [-0.39, 0.29) is 41.4 Å². The molecule has 4 bridgehead atoms. The van der Waals surface area contributed by atoms with Crippen LogP contribution < -0.4 is 5.73 Å². The highest BCUT2D eigenvalue weighted by Crippen LogP contribution is 2.60. The van der Waals surface area contributed by atoms with Gasteiger partial charge in [0.2, 0.25) is 5.91 Å². The van der Waals surface area contributed by atoms with Crippen LogP contribution in [-0.4, -0.2) is 34.5 Å². The fourth-order valence-electron chi connectivity index (χ4n) is 6.93. The lowest BCUT2D eigenvalue weighted by Gasteiger charge is -2.58. The molecule has 2 heterocycles. The average molecular weight is 426 g/mol. The molecule has 158 valence electrons. The van der Waals surface area contributed by atoms with Crippen molar-refractivity contribution >= 4 is 33.6 Å². The summed E-state index contributed by atoms with van der Waals surface area (Å²) in [6.45, 7) is 0.718. The molecule has 2 N–H and O–H groups in total. The van der Waals surface area contributed by atoms with E-state index < -0.39 is 0 Å². The summed E-state index contributed by atoms with van der Waals surface area (Å²) in [6.07, 6.45) is 6.25. The first kappa shape index (κ1) is 18.6. The molecule has 4 saturated carbocycles. The van der Waals surface area contributed by atoms with Crippen molar-refractivity contribution < 1.29 is 14.3 Å². The number of hydrogen-bond acceptors (Lipinski definition) is 5. The Bertz CT molecular complexity index is 971. The second kappa shape index (κ2) is 6.67. The summed E-state index contributed by atoms with van der Waals surface area (Å²) in [6, 6.07) is 8.13. The first-order valence-electron chi connectivity index (χ1n) is 11.1. The Morgan fingerprint density at radius 1 is 1.17 bits per heavy atom. The highest BCUT2D eigenvalue weighted by atomic mass is 32.1. The molecule has 1 aromatic heterocycles. The molecular weight excluding hydrogens is 398 g/mol. The van der Waals surface area contributed by atoms with Crippen molar-refractivity contribution in [1.82, 2.24) is 9.88 Å². The van der Waals surface area contributed by atoms with Crippen LogP contribution in [0.15, 0.2) is 24.3 Å². The number of aromatic nitrogens is 1. The van der Waals surface area contributed by atoms with Crippen LogP contribution in [0, 0.1) is 23.2 Å². The van der Waals surface area contributed by atoms with Crippen LogP contribution in [0.2, 0.25) is 0 Å². The SMILES string of the molecule is NC(=O)C12CC3C[C@H](C1)C(OC(=O)N1CCCC1c1nc4ccccc4s1)[C@@H](C3)C2. The molecule has 1 aliphatic heterocycles. The number of para-hydroxylation sites is 1. The van der Waals surface area contributed by atoms with Gasteiger partial charge >= 0.3 is 6.09 Å². The van der Waals surface area contributed by atoms with E-state index in [9.17, 15) is 9.59 Å². The van der Waals surface area contributed by atoms with Crippen molar-refractivity contribution in [2.45, 2.75) is 57.1 Å². The zero-order valence-corrected chi connectivity index (χ0v) is 17.8. The maximum Gasteiger partial charge on any atom is 0.410 e. The number of carbonyl (C=O) groups is 2. The Balaban J connectivity index is 1.20. The molecule has 4 unspecified atom stereocenters. The van der Waals surface area contributed by atoms with Crippen molar-refractivity contribution in [2.24, 2.45) is 28.9 Å². The molecule has 0 spiro atoms. The lowest BCUT2D eigenvalue weighted by atomic mass is 9.48. The molecular formula is C23H27N3O3S. The monoisotopic (exact) mass is 425 g/mol. The number of benzene rings is 1. The molecule has 7 rings (SSSR count). The second-order valence-electron chi connectivity index (χ2n) is 9.83. The van der Waals surface area contributed by atoms with E-state index in [0.717, 1.165) is 66.7 Å². The van der Waals surface area contributed by atoms with E-state index in [1.807, 2.05) is 23.1 Å². The van der Waals surface area contributed by atoms with Gasteiger partial charge in [0, 0.05) is 6.54 Å². The lowest BCUT2D eigenvalue weighted by Crippen LogP contribution is -2.59. The Kier molecular flexibility index (Phi) is 4.14. The zero-order chi connectivity index (χ0) is 20.5. The van der Waals surface area contributed by atoms with E-state index in [0.29, 0.717) is 5.92 Å². The summed E-state index contributed by atoms with van der Waals surface area (Å²) in [7, 11) is 0. The standard InChI is InChI=1S/C23H27N3O3S/c24-21(27)23-10-13-8-14(11-23)19(15(9-13)12-23)29-22(28)26-7-3-5-17(26)20-25-16-4-1-2-6-18(16)30-20/h1-2,4,6,13-15,17,19H,3,5,7-12H2,(H2,24,27)/t13?,14-,15+,17?,19?,23?. The minimum absolute atomic E-state index is 0.00342. The van der Waals surface area contributed by atoms with Crippen molar-refractivity contribution in [1.29, 1.82) is 0 Å². The molecule has 6 nitrogen and oxygen atoms in total. The largest absolute Gasteiger partial charge is 0.445 e. The maximum absolute atomic E-state index is 13.2. The third-order valence-electron chi connectivity index (χ3n) is 8.03. The van der Waals surface area contributed by atoms with Crippen molar-refractivity contribution in [3.63, 3.8) is 0 Å². The number of thiazole rings is 1. The van der Waals surface area contributed by atoms with Gasteiger partial charge in [-0.3, -0.25) is 9.69 Å². The van der Waals surface area contributed by atoms with Gasteiger partial charge in [-0.05, 0) is 74.8 Å². The van der Waals surface area contributed by atoms with E-state index in [1.165, 1.54) is 0 Å². The molecule has 1 aromatic carbocycles. The molecule has 30 heavy (non-hydrogen) atoms. The van der Waals surface area contributed by atoms with Crippen LogP contribution in [0.3, 0.4) is 0 Å². The Hall–Kier alpha value is -2.15. The minimum atomic E-state index is -0.351. The van der Waals surface area contributed by atoms with Gasteiger partial charge in [0.15, 0.2) is 0 Å². The first-order valence-corrected chi connectivity index (χ1v) is 12.0. The third kappa shape index (κ3) is 2.77. The minimum Gasteiger partial charge on any atom is -0.445 e. The van der Waals surface area contributed by atoms with E-state index >= 15 is 0 Å². The van der Waals surface area contributed by atoms with E-state index in [1.54, 1.807) is 11.3 Å². The fourth-order valence-corrected chi connectivity index (χ4v) is 8.05. The summed E-state index contributed by atoms with van der Waals surface area (Å²) in [5.41, 5.74) is 6.44. The maximum atomic E-state index is 13.2. The molecule has 5 aliphatic rings. The van der Waals surface area contributed by atoms with Crippen LogP contribution in [0.4, 0.5) is 4.79 Å². The summed E-state index contributed by atoms with van der Waals surface area (Å²) in [5.74, 6) is 0.960. The number of hydrogen-bond donors (Lipinski definition) is 1. The first-order chi connectivity index (χ1) is 14.5. The summed E-state index contributed by atoms with van der Waals surface area (Å²) < 4.78 is 7.33. The summed E-state index contributed by atoms with van der Waals surface area (Å²) in [5, 5.41) is 1.00. The zero-order valence-electron chi connectivity index (χ0n) is 17.0. The number of fused-ring (bicyclic) bond motifs is 1. The van der Waals surface area contributed by atoms with Crippen molar-refractivity contribution in [3.8, 4) is 0 Å². The molecule has 2 aromatic rings. The highest BCUT2D eigenvalue weighted by molar-refractivity contribution is 7.18. The van der Waals surface area contributed by atoms with Gasteiger partial charge in [0.1, 0.15) is 11.1 Å². The van der Waals surface area contributed by atoms with Crippen LogP contribution in [0.5, 0.6) is 0 Å². The van der Waals surface area contributed by atoms with E-state index in [4.69, 9.17) is 15.5 Å². The van der Waals surface area contributed by atoms with Gasteiger partial charge in [-0.15, -0.1) is 11.3 Å². The number of primary amides is 1. The van der Waals surface area contributed by atoms with Crippen molar-refractivity contribution in [3.05, 3.63) is 29.3 Å². The Labute approximate surface area is 179 Å². The van der Waals surface area contributed by atoms with Crippen LogP contribution in [0.1, 0.15) is 56.0 Å². The lowest BCUT2D eigenvalue weighted by molar-refractivity contribution is -0.161. The van der Waals surface area contributed by atoms with E-state index in [2.05, 4.69) is 6.07 Å². The molecule has 5 fully saturated rings. The number of nitrogens with zero attached hydrogens (tertiary/aromatic N) is 2. The molecule has 1 saturated heterocycles. The summed E-state index contributed by atoms with van der Waals surface area (Å²) >= 11 is 1.68. The van der Waals surface area contributed by atoms with Crippen LogP contribution in [-0.2, 0) is 9.53 Å². The number of nitrogens with two attached hydrogens (primary N) is 1. The summed E-state index contributed by atoms with van der Waals surface area (Å²) in [4.78, 5) is 32.1. The van der Waals surface area contributed by atoms with Crippen LogP contribution >= 0.6 is 11.3 Å². The highest BCUT2D eigenvalue weighted by Gasteiger charge is 2.59. The van der Waals surface area contributed by atoms with Crippen LogP contribution in [0.25, 0.3) is 10.2 Å². The van der Waals surface area contributed by atoms with Gasteiger partial charge in [-0.25, -0.2) is 9.78 Å². The van der Waals surface area contributed by atoms with Gasteiger partial charge in [0.25, 0.3) is 0 Å². The Morgan fingerprint density at radius 2 is 1.93 bits per heavy atom. The van der Waals surface area contributed by atoms with Gasteiger partial charge in [-0.1, -0.05) is 12.1 Å². The van der Waals surface area contributed by atoms with Gasteiger partial charge in [0.05, 0.1) is 21.7 Å². The predicted molar refractivity (Wildman–Crippen MR) is 114 cm³/mol. The normalized spacial score (nSPS) is 37.1. The predicted octanol–water partition coefficient (Wildman–Crippen LogP) is 4.25. The quantitative estimate of drug-likeness (QED) is 0.797.